The summed E-state index contributed by atoms with van der Waals surface area (Å²) in [5.41, 5.74) is 0.0560. The molecule has 3 aromatic rings. The largest absolute Gasteiger partial charge is 0.550 e. The van der Waals surface area contributed by atoms with Crippen molar-refractivity contribution in [1.82, 2.24) is 9.55 Å². The number of carbonyl (C=O) groups is 1. The SMILES string of the molecule is O=C([O-])CCCn1c(=S)[nH]c2c(sc3ccc([N+](=O)[O-])cc32)c1=O. The fourth-order valence-electron chi connectivity index (χ4n) is 2.45. The first-order chi connectivity index (χ1) is 11.4. The number of carboxylic acids is 1. The minimum atomic E-state index is -1.19. The molecule has 24 heavy (non-hydrogen) atoms. The average molecular weight is 364 g/mol. The molecular weight excluding hydrogens is 354 g/mol. The van der Waals surface area contributed by atoms with Gasteiger partial charge in [-0.25, -0.2) is 0 Å². The second-order valence-electron chi connectivity index (χ2n) is 5.11. The number of aliphatic carboxylic acids is 1. The molecular formula is C14H10N3O5S2-. The minimum Gasteiger partial charge on any atom is -0.550 e. The van der Waals surface area contributed by atoms with Gasteiger partial charge < -0.3 is 14.9 Å². The summed E-state index contributed by atoms with van der Waals surface area (Å²) in [6.45, 7) is 0.159. The van der Waals surface area contributed by atoms with Crippen LogP contribution >= 0.6 is 23.6 Å². The zero-order valence-electron chi connectivity index (χ0n) is 12.1. The highest BCUT2D eigenvalue weighted by atomic mass is 32.1. The van der Waals surface area contributed by atoms with Crippen molar-refractivity contribution in [1.29, 1.82) is 0 Å². The van der Waals surface area contributed by atoms with Gasteiger partial charge in [-0.1, -0.05) is 0 Å². The zero-order valence-corrected chi connectivity index (χ0v) is 13.7. The Labute approximate surface area is 143 Å². The van der Waals surface area contributed by atoms with Gasteiger partial charge in [0.15, 0.2) is 4.77 Å². The number of aromatic amines is 1. The van der Waals surface area contributed by atoms with Crippen LogP contribution in [0.3, 0.4) is 0 Å². The zero-order chi connectivity index (χ0) is 17.4. The molecule has 0 radical (unpaired) electrons. The lowest BCUT2D eigenvalue weighted by atomic mass is 10.2. The van der Waals surface area contributed by atoms with Crippen LogP contribution in [-0.4, -0.2) is 20.4 Å². The number of nitro benzene ring substituents is 1. The lowest BCUT2D eigenvalue weighted by molar-refractivity contribution is -0.384. The number of thiophene rings is 1. The normalized spacial score (nSPS) is 11.2. The van der Waals surface area contributed by atoms with Gasteiger partial charge in [0.25, 0.3) is 11.2 Å². The Balaban J connectivity index is 2.17. The number of benzene rings is 1. The lowest BCUT2D eigenvalue weighted by Gasteiger charge is -2.06. The van der Waals surface area contributed by atoms with E-state index in [1.807, 2.05) is 0 Å². The molecule has 0 unspecified atom stereocenters. The molecule has 3 rings (SSSR count). The first-order valence-corrected chi connectivity index (χ1v) is 8.14. The van der Waals surface area contributed by atoms with Crippen LogP contribution in [0, 0.1) is 14.9 Å². The van der Waals surface area contributed by atoms with Crippen molar-refractivity contribution in [3.63, 3.8) is 0 Å². The molecule has 0 saturated heterocycles. The smallest absolute Gasteiger partial charge is 0.272 e. The van der Waals surface area contributed by atoms with E-state index in [4.69, 9.17) is 12.2 Å². The number of fused-ring (bicyclic) bond motifs is 3. The molecule has 0 saturated carbocycles. The Morgan fingerprint density at radius 1 is 1.42 bits per heavy atom. The average Bonchev–Trinajstić information content (AvgIpc) is 2.88. The Kier molecular flexibility index (Phi) is 4.16. The number of rotatable bonds is 5. The van der Waals surface area contributed by atoms with Gasteiger partial charge in [-0.3, -0.25) is 19.5 Å². The molecule has 0 atom stereocenters. The molecule has 0 aliphatic carbocycles. The van der Waals surface area contributed by atoms with Crippen molar-refractivity contribution in [3.05, 3.63) is 43.4 Å². The summed E-state index contributed by atoms with van der Waals surface area (Å²) in [6.07, 6.45) is 0.0550. The number of nitrogens with one attached hydrogen (secondary N) is 1. The van der Waals surface area contributed by atoms with Gasteiger partial charge in [0.05, 0.1) is 10.4 Å². The number of nitro groups is 1. The van der Waals surface area contributed by atoms with Crippen LogP contribution in [0.2, 0.25) is 0 Å². The van der Waals surface area contributed by atoms with Gasteiger partial charge in [-0.2, -0.15) is 0 Å². The molecule has 1 N–H and O–H groups in total. The summed E-state index contributed by atoms with van der Waals surface area (Å²) < 4.78 is 2.57. The highest BCUT2D eigenvalue weighted by molar-refractivity contribution is 7.71. The molecule has 0 bridgehead atoms. The standard InChI is InChI=1S/C14H11N3O5S2/c18-10(19)2-1-5-16-13(20)12-11(15-14(16)23)8-6-7(17(21)22)3-4-9(8)24-12/h3-4,6H,1-2,5H2,(H,15,23)(H,18,19)/p-1. The second-order valence-corrected chi connectivity index (χ2v) is 6.55. The van der Waals surface area contributed by atoms with E-state index in [0.29, 0.717) is 15.6 Å². The van der Waals surface area contributed by atoms with E-state index in [1.165, 1.54) is 28.0 Å². The number of hydrogen-bond acceptors (Lipinski definition) is 7. The predicted octanol–water partition coefficient (Wildman–Crippen LogP) is 1.71. The molecule has 0 spiro atoms. The van der Waals surface area contributed by atoms with E-state index in [1.54, 1.807) is 6.07 Å². The molecule has 0 aliphatic rings. The number of carboxylic acid groups (broad SMARTS) is 1. The van der Waals surface area contributed by atoms with Crippen molar-refractivity contribution >= 4 is 55.5 Å². The maximum absolute atomic E-state index is 12.6. The van der Waals surface area contributed by atoms with Gasteiger partial charge in [-0.05, 0) is 31.1 Å². The number of hydrogen-bond donors (Lipinski definition) is 1. The monoisotopic (exact) mass is 364 g/mol. The van der Waals surface area contributed by atoms with E-state index in [0.717, 1.165) is 4.70 Å². The fourth-order valence-corrected chi connectivity index (χ4v) is 3.81. The number of aromatic nitrogens is 2. The van der Waals surface area contributed by atoms with Crippen LogP contribution in [0.1, 0.15) is 12.8 Å². The van der Waals surface area contributed by atoms with Crippen molar-refractivity contribution < 1.29 is 14.8 Å². The molecule has 0 fully saturated rings. The lowest BCUT2D eigenvalue weighted by Crippen LogP contribution is -2.25. The number of non-ortho nitro benzene ring substituents is 1. The van der Waals surface area contributed by atoms with Crippen LogP contribution in [0.15, 0.2) is 23.0 Å². The van der Waals surface area contributed by atoms with Crippen molar-refractivity contribution in [2.24, 2.45) is 0 Å². The number of H-pyrrole nitrogens is 1. The van der Waals surface area contributed by atoms with Crippen molar-refractivity contribution in [2.75, 3.05) is 0 Å². The molecule has 0 aliphatic heterocycles. The van der Waals surface area contributed by atoms with Crippen LogP contribution in [0.4, 0.5) is 5.69 Å². The van der Waals surface area contributed by atoms with E-state index < -0.39 is 10.9 Å². The predicted molar refractivity (Wildman–Crippen MR) is 89.7 cm³/mol. The van der Waals surface area contributed by atoms with E-state index in [9.17, 15) is 24.8 Å². The fraction of sp³-hybridized carbons (Fsp3) is 0.214. The summed E-state index contributed by atoms with van der Waals surface area (Å²) >= 11 is 6.38. The topological polar surface area (TPSA) is 121 Å². The minimum absolute atomic E-state index is 0.0698. The van der Waals surface area contributed by atoms with Crippen molar-refractivity contribution in [2.45, 2.75) is 19.4 Å². The summed E-state index contributed by atoms with van der Waals surface area (Å²) in [4.78, 5) is 36.4. The quantitative estimate of drug-likeness (QED) is 0.418. The van der Waals surface area contributed by atoms with Crippen LogP contribution in [0.25, 0.3) is 20.3 Å². The Morgan fingerprint density at radius 3 is 2.83 bits per heavy atom. The van der Waals surface area contributed by atoms with Crippen LogP contribution in [0.5, 0.6) is 0 Å². The number of nitrogens with zero attached hydrogens (tertiary/aromatic N) is 2. The second kappa shape index (κ2) is 6.13. The molecule has 2 aromatic heterocycles. The van der Waals surface area contributed by atoms with Gasteiger partial charge in [0, 0.05) is 34.7 Å². The third kappa shape index (κ3) is 2.81. The van der Waals surface area contributed by atoms with Crippen LogP contribution < -0.4 is 10.7 Å². The number of carbonyl (C=O) groups excluding carboxylic acids is 1. The van der Waals surface area contributed by atoms with Crippen LogP contribution in [-0.2, 0) is 11.3 Å². The van der Waals surface area contributed by atoms with E-state index in [-0.39, 0.29) is 35.4 Å². The van der Waals surface area contributed by atoms with Gasteiger partial charge in [0.1, 0.15) is 4.70 Å². The summed E-state index contributed by atoms with van der Waals surface area (Å²) in [5.74, 6) is -1.19. The first-order valence-electron chi connectivity index (χ1n) is 6.92. The van der Waals surface area contributed by atoms with Gasteiger partial charge in [0.2, 0.25) is 0 Å². The third-order valence-corrected chi connectivity index (χ3v) is 5.04. The summed E-state index contributed by atoms with van der Waals surface area (Å²) in [5, 5.41) is 22.0. The third-order valence-electron chi connectivity index (χ3n) is 3.56. The van der Waals surface area contributed by atoms with Crippen molar-refractivity contribution in [3.8, 4) is 0 Å². The molecule has 2 heterocycles. The maximum Gasteiger partial charge on any atom is 0.272 e. The Hall–Kier alpha value is -2.59. The molecule has 1 aromatic carbocycles. The maximum atomic E-state index is 12.6. The van der Waals surface area contributed by atoms with E-state index >= 15 is 0 Å². The molecule has 10 heteroatoms. The molecule has 0 amide bonds. The highest BCUT2D eigenvalue weighted by Crippen LogP contribution is 2.32. The highest BCUT2D eigenvalue weighted by Gasteiger charge is 2.15. The molecule has 124 valence electrons. The Morgan fingerprint density at radius 2 is 2.17 bits per heavy atom. The molecule has 8 nitrogen and oxygen atoms in total. The van der Waals surface area contributed by atoms with E-state index in [2.05, 4.69) is 4.98 Å². The van der Waals surface area contributed by atoms with Gasteiger partial charge in [-0.15, -0.1) is 11.3 Å². The Bertz CT molecular complexity index is 1100. The van der Waals surface area contributed by atoms with Gasteiger partial charge >= 0.3 is 0 Å². The first kappa shape index (κ1) is 16.3. The summed E-state index contributed by atoms with van der Waals surface area (Å²) in [7, 11) is 0. The summed E-state index contributed by atoms with van der Waals surface area (Å²) in [6, 6.07) is 4.37.